The molecule has 216 valence electrons. The molecule has 2 aromatic heterocycles. The highest BCUT2D eigenvalue weighted by molar-refractivity contribution is 5.86. The summed E-state index contributed by atoms with van der Waals surface area (Å²) in [5, 5.41) is 0. The minimum Gasteiger partial charge on any atom is -0.491 e. The summed E-state index contributed by atoms with van der Waals surface area (Å²) in [6.07, 6.45) is 2.79. The summed E-state index contributed by atoms with van der Waals surface area (Å²) in [5.74, 6) is 0.804. The standard InChI is InChI=1S/C32H49N3O4/c1-20(2)19-37-26-13-12-25(34-22(26)5)24-18-33-23(6)27(28(24)35-16-14-32(10,11)15-17-35)29(39-31(7,8)9)30(36)38-21(3)4/h12-13,18,20-21,29H,14-17,19H2,1-11H3/t29-/m0/s1. The fourth-order valence-corrected chi connectivity index (χ4v) is 4.77. The van der Waals surface area contributed by atoms with E-state index >= 15 is 0 Å². The van der Waals surface area contributed by atoms with Gasteiger partial charge < -0.3 is 19.1 Å². The van der Waals surface area contributed by atoms with Gasteiger partial charge in [-0.1, -0.05) is 27.7 Å². The molecule has 3 rings (SSSR count). The molecule has 1 aliphatic heterocycles. The van der Waals surface area contributed by atoms with E-state index in [1.807, 2.05) is 66.8 Å². The van der Waals surface area contributed by atoms with Crippen molar-refractivity contribution in [3.8, 4) is 17.0 Å². The van der Waals surface area contributed by atoms with Crippen molar-refractivity contribution in [1.29, 1.82) is 0 Å². The fraction of sp³-hybridized carbons (Fsp3) is 0.656. The summed E-state index contributed by atoms with van der Waals surface area (Å²) in [4.78, 5) is 25.7. The first kappa shape index (κ1) is 30.9. The average Bonchev–Trinajstić information content (AvgIpc) is 2.81. The van der Waals surface area contributed by atoms with E-state index in [2.05, 4.69) is 32.6 Å². The number of esters is 1. The average molecular weight is 540 g/mol. The van der Waals surface area contributed by atoms with Crippen LogP contribution >= 0.6 is 0 Å². The molecule has 0 unspecified atom stereocenters. The lowest BCUT2D eigenvalue weighted by Crippen LogP contribution is -2.39. The first-order valence-electron chi connectivity index (χ1n) is 14.3. The smallest absolute Gasteiger partial charge is 0.340 e. The number of carbonyl (C=O) groups is 1. The number of ether oxygens (including phenoxy) is 3. The Kier molecular flexibility index (Phi) is 9.69. The molecule has 3 heterocycles. The zero-order chi connectivity index (χ0) is 29.1. The van der Waals surface area contributed by atoms with Crippen LogP contribution in [0.5, 0.6) is 5.75 Å². The molecule has 1 aliphatic rings. The number of carbonyl (C=O) groups excluding carboxylic acids is 1. The highest BCUT2D eigenvalue weighted by Gasteiger charge is 2.37. The molecule has 7 nitrogen and oxygen atoms in total. The SMILES string of the molecule is Cc1nc(-c2cnc(C)c([C@H](OC(C)(C)C)C(=O)OC(C)C)c2N2CCC(C)(C)CC2)ccc1OCC(C)C. The van der Waals surface area contributed by atoms with Gasteiger partial charge in [-0.2, -0.15) is 0 Å². The predicted octanol–water partition coefficient (Wildman–Crippen LogP) is 7.23. The first-order chi connectivity index (χ1) is 18.1. The Hall–Kier alpha value is -2.67. The Morgan fingerprint density at radius 3 is 2.23 bits per heavy atom. The predicted molar refractivity (Wildman–Crippen MR) is 157 cm³/mol. The third-order valence-corrected chi connectivity index (χ3v) is 6.91. The Balaban J connectivity index is 2.21. The molecule has 2 aromatic rings. The molecule has 0 spiro atoms. The quantitative estimate of drug-likeness (QED) is 0.311. The molecule has 1 saturated heterocycles. The third-order valence-electron chi connectivity index (χ3n) is 6.91. The first-order valence-corrected chi connectivity index (χ1v) is 14.3. The lowest BCUT2D eigenvalue weighted by Gasteiger charge is -2.41. The molecule has 0 bridgehead atoms. The van der Waals surface area contributed by atoms with Crippen LogP contribution < -0.4 is 9.64 Å². The van der Waals surface area contributed by atoms with Gasteiger partial charge in [0.25, 0.3) is 0 Å². The van der Waals surface area contributed by atoms with Gasteiger partial charge in [0.15, 0.2) is 6.10 Å². The Bertz CT molecular complexity index is 1140. The summed E-state index contributed by atoms with van der Waals surface area (Å²) < 4.78 is 18.2. The summed E-state index contributed by atoms with van der Waals surface area (Å²) in [5.41, 5.74) is 4.65. The van der Waals surface area contributed by atoms with Gasteiger partial charge in [-0.15, -0.1) is 0 Å². The highest BCUT2D eigenvalue weighted by atomic mass is 16.6. The fourth-order valence-electron chi connectivity index (χ4n) is 4.77. The van der Waals surface area contributed by atoms with Gasteiger partial charge in [0, 0.05) is 36.1 Å². The van der Waals surface area contributed by atoms with E-state index in [-0.39, 0.29) is 11.5 Å². The van der Waals surface area contributed by atoms with E-state index in [1.165, 1.54) is 0 Å². The van der Waals surface area contributed by atoms with Crippen LogP contribution in [0.1, 0.15) is 98.2 Å². The highest BCUT2D eigenvalue weighted by Crippen LogP contribution is 2.43. The van der Waals surface area contributed by atoms with Crippen LogP contribution in [-0.2, 0) is 14.3 Å². The largest absolute Gasteiger partial charge is 0.491 e. The third kappa shape index (κ3) is 8.17. The van der Waals surface area contributed by atoms with E-state index in [0.29, 0.717) is 12.5 Å². The van der Waals surface area contributed by atoms with E-state index in [4.69, 9.17) is 24.2 Å². The topological polar surface area (TPSA) is 73.8 Å². The number of rotatable bonds is 9. The normalized spacial score (nSPS) is 16.5. The van der Waals surface area contributed by atoms with Gasteiger partial charge in [-0.25, -0.2) is 9.78 Å². The van der Waals surface area contributed by atoms with Crippen molar-refractivity contribution < 1.29 is 19.0 Å². The number of anilines is 1. The van der Waals surface area contributed by atoms with Crippen molar-refractivity contribution in [3.05, 3.63) is 35.3 Å². The second-order valence-corrected chi connectivity index (χ2v) is 13.3. The summed E-state index contributed by atoms with van der Waals surface area (Å²) in [6.45, 7) is 24.8. The molecule has 0 aliphatic carbocycles. The molecule has 0 saturated carbocycles. The van der Waals surface area contributed by atoms with Crippen LogP contribution in [0.3, 0.4) is 0 Å². The maximum absolute atomic E-state index is 13.6. The van der Waals surface area contributed by atoms with E-state index < -0.39 is 17.7 Å². The Morgan fingerprint density at radius 1 is 1.05 bits per heavy atom. The second-order valence-electron chi connectivity index (χ2n) is 13.3. The number of piperidine rings is 1. The molecule has 1 atom stereocenters. The molecular formula is C32H49N3O4. The zero-order valence-electron chi connectivity index (χ0n) is 26.0. The van der Waals surface area contributed by atoms with Gasteiger partial charge >= 0.3 is 5.97 Å². The minimum absolute atomic E-state index is 0.262. The number of hydrogen-bond acceptors (Lipinski definition) is 7. The van der Waals surface area contributed by atoms with Crippen LogP contribution in [0.25, 0.3) is 11.3 Å². The van der Waals surface area contributed by atoms with Crippen molar-refractivity contribution >= 4 is 11.7 Å². The van der Waals surface area contributed by atoms with E-state index in [0.717, 1.165) is 65.6 Å². The van der Waals surface area contributed by atoms with Crippen molar-refractivity contribution in [2.45, 2.75) is 107 Å². The van der Waals surface area contributed by atoms with Crippen molar-refractivity contribution in [2.75, 3.05) is 24.6 Å². The molecule has 0 amide bonds. The van der Waals surface area contributed by atoms with Gasteiger partial charge in [0.1, 0.15) is 5.75 Å². The molecule has 39 heavy (non-hydrogen) atoms. The minimum atomic E-state index is -0.917. The van der Waals surface area contributed by atoms with Gasteiger partial charge in [0.2, 0.25) is 0 Å². The number of aryl methyl sites for hydroxylation is 2. The van der Waals surface area contributed by atoms with E-state index in [1.54, 1.807) is 0 Å². The van der Waals surface area contributed by atoms with Crippen molar-refractivity contribution in [1.82, 2.24) is 9.97 Å². The summed E-state index contributed by atoms with van der Waals surface area (Å²) in [6, 6.07) is 3.97. The second kappa shape index (κ2) is 12.2. The van der Waals surface area contributed by atoms with Crippen molar-refractivity contribution in [3.63, 3.8) is 0 Å². The Labute approximate surface area is 235 Å². The monoisotopic (exact) mass is 539 g/mol. The van der Waals surface area contributed by atoms with Gasteiger partial charge in [-0.05, 0) is 84.8 Å². The number of aromatic nitrogens is 2. The number of pyridine rings is 2. The van der Waals surface area contributed by atoms with Crippen LogP contribution in [-0.4, -0.2) is 47.3 Å². The molecule has 0 N–H and O–H groups in total. The molecule has 7 heteroatoms. The van der Waals surface area contributed by atoms with Gasteiger partial charge in [0.05, 0.1) is 35.4 Å². The number of hydrogen-bond donors (Lipinski definition) is 0. The van der Waals surface area contributed by atoms with Crippen LogP contribution in [0.2, 0.25) is 0 Å². The molecular weight excluding hydrogens is 490 g/mol. The maximum atomic E-state index is 13.6. The van der Waals surface area contributed by atoms with Gasteiger partial charge in [-0.3, -0.25) is 4.98 Å². The maximum Gasteiger partial charge on any atom is 0.340 e. The number of nitrogens with zero attached hydrogens (tertiary/aromatic N) is 3. The van der Waals surface area contributed by atoms with Crippen LogP contribution in [0.4, 0.5) is 5.69 Å². The molecule has 0 aromatic carbocycles. The summed E-state index contributed by atoms with van der Waals surface area (Å²) in [7, 11) is 0. The lowest BCUT2D eigenvalue weighted by atomic mass is 9.82. The lowest BCUT2D eigenvalue weighted by molar-refractivity contribution is -0.171. The molecule has 0 radical (unpaired) electrons. The summed E-state index contributed by atoms with van der Waals surface area (Å²) >= 11 is 0. The van der Waals surface area contributed by atoms with Crippen molar-refractivity contribution in [2.24, 2.45) is 11.3 Å². The van der Waals surface area contributed by atoms with Crippen LogP contribution in [0, 0.1) is 25.2 Å². The molecule has 1 fully saturated rings. The zero-order valence-corrected chi connectivity index (χ0v) is 26.0. The van der Waals surface area contributed by atoms with E-state index in [9.17, 15) is 4.79 Å². The Morgan fingerprint density at radius 2 is 1.69 bits per heavy atom. The van der Waals surface area contributed by atoms with Crippen LogP contribution in [0.15, 0.2) is 18.3 Å².